The summed E-state index contributed by atoms with van der Waals surface area (Å²) >= 11 is 0. The fourth-order valence-electron chi connectivity index (χ4n) is 7.59. The summed E-state index contributed by atoms with van der Waals surface area (Å²) in [6.45, 7) is 0. The quantitative estimate of drug-likeness (QED) is 0.200. The van der Waals surface area contributed by atoms with Gasteiger partial charge in [0.1, 0.15) is 0 Å². The molecule has 0 saturated carbocycles. The normalized spacial score (nSPS) is 12.0. The molecule has 0 amide bonds. The maximum Gasteiger partial charge on any atom is 0.0549 e. The Labute approximate surface area is 259 Å². The molecule has 3 nitrogen and oxygen atoms in total. The average molecular weight is 574 g/mol. The highest BCUT2D eigenvalue weighted by molar-refractivity contribution is 6.30. The number of hydrogen-bond donors (Lipinski definition) is 0. The van der Waals surface area contributed by atoms with Crippen LogP contribution < -0.4 is 0 Å². The summed E-state index contributed by atoms with van der Waals surface area (Å²) in [5, 5.41) is 7.59. The van der Waals surface area contributed by atoms with Gasteiger partial charge in [-0.3, -0.25) is 0 Å². The van der Waals surface area contributed by atoms with Crippen molar-refractivity contribution < 1.29 is 0 Å². The molecule has 0 atom stereocenters. The van der Waals surface area contributed by atoms with Gasteiger partial charge in [0.2, 0.25) is 0 Å². The number of rotatable bonds is 3. The number of benzene rings is 7. The standard InChI is InChI=1S/C42H27N3/c1-4-14-28(15-5-1)43-36-23-13-11-21-32(36)41-37(43)24-25-38-42(41)34-27-39-33(26-40(34)45(38)30-18-8-3-9-19-30)31-20-10-12-22-35(31)44(39)29-16-6-2-7-17-29/h1-27H. The van der Waals surface area contributed by atoms with Crippen LogP contribution >= 0.6 is 0 Å². The first-order chi connectivity index (χ1) is 22.4. The molecular weight excluding hydrogens is 546 g/mol. The lowest BCUT2D eigenvalue weighted by atomic mass is 10.0. The van der Waals surface area contributed by atoms with Crippen LogP contribution in [0.1, 0.15) is 0 Å². The van der Waals surface area contributed by atoms with E-state index in [0.29, 0.717) is 0 Å². The Morgan fingerprint density at radius 3 is 1.20 bits per heavy atom. The SMILES string of the molecule is c1ccc(-n2c3ccccc3c3cc4c(cc32)c2c3c5ccccc5n(-c5ccccc5)c3ccc2n4-c2ccccc2)cc1. The molecular formula is C42H27N3. The highest BCUT2D eigenvalue weighted by Gasteiger charge is 2.22. The Bertz CT molecular complexity index is 2730. The molecule has 0 unspecified atom stereocenters. The van der Waals surface area contributed by atoms with E-state index in [1.165, 1.54) is 76.8 Å². The van der Waals surface area contributed by atoms with E-state index in [1.54, 1.807) is 0 Å². The minimum Gasteiger partial charge on any atom is -0.309 e. The zero-order chi connectivity index (χ0) is 29.5. The highest BCUT2D eigenvalue weighted by atomic mass is 15.0. The second-order valence-corrected chi connectivity index (χ2v) is 11.8. The molecule has 0 aliphatic carbocycles. The van der Waals surface area contributed by atoms with Crippen LogP contribution in [0.2, 0.25) is 0 Å². The number of aromatic nitrogens is 3. The van der Waals surface area contributed by atoms with Crippen molar-refractivity contribution in [3.63, 3.8) is 0 Å². The summed E-state index contributed by atoms with van der Waals surface area (Å²) in [6, 6.07) is 59.3. The minimum atomic E-state index is 1.16. The molecule has 3 heteroatoms. The second kappa shape index (κ2) is 9.22. The number of nitrogens with zero attached hydrogens (tertiary/aromatic N) is 3. The molecule has 0 spiro atoms. The molecule has 210 valence electrons. The van der Waals surface area contributed by atoms with E-state index in [1.807, 2.05) is 0 Å². The predicted molar refractivity (Wildman–Crippen MR) is 189 cm³/mol. The summed E-state index contributed by atoms with van der Waals surface area (Å²) in [7, 11) is 0. The van der Waals surface area contributed by atoms with Gasteiger partial charge in [-0.25, -0.2) is 0 Å². The van der Waals surface area contributed by atoms with Crippen LogP contribution in [0.3, 0.4) is 0 Å². The summed E-state index contributed by atoms with van der Waals surface area (Å²) in [5.74, 6) is 0. The van der Waals surface area contributed by atoms with Crippen molar-refractivity contribution in [3.05, 3.63) is 164 Å². The molecule has 10 rings (SSSR count). The summed E-state index contributed by atoms with van der Waals surface area (Å²) < 4.78 is 7.28. The van der Waals surface area contributed by atoms with Gasteiger partial charge in [-0.1, -0.05) is 91.0 Å². The van der Waals surface area contributed by atoms with Crippen molar-refractivity contribution in [1.82, 2.24) is 13.7 Å². The third-order valence-corrected chi connectivity index (χ3v) is 9.40. The molecule has 45 heavy (non-hydrogen) atoms. The highest BCUT2D eigenvalue weighted by Crippen LogP contribution is 2.44. The molecule has 3 aromatic heterocycles. The van der Waals surface area contributed by atoms with Gasteiger partial charge in [-0.05, 0) is 72.8 Å². The maximum absolute atomic E-state index is 2.45. The minimum absolute atomic E-state index is 1.16. The van der Waals surface area contributed by atoms with Gasteiger partial charge in [-0.2, -0.15) is 0 Å². The monoisotopic (exact) mass is 573 g/mol. The lowest BCUT2D eigenvalue weighted by Crippen LogP contribution is -1.94. The molecule has 0 fully saturated rings. The topological polar surface area (TPSA) is 14.8 Å². The first kappa shape index (κ1) is 24.4. The van der Waals surface area contributed by atoms with Gasteiger partial charge in [-0.15, -0.1) is 0 Å². The van der Waals surface area contributed by atoms with E-state index in [2.05, 4.69) is 177 Å². The molecule has 0 bridgehead atoms. The molecule has 7 aromatic carbocycles. The van der Waals surface area contributed by atoms with Crippen LogP contribution in [0, 0.1) is 0 Å². The van der Waals surface area contributed by atoms with Crippen LogP contribution in [-0.2, 0) is 0 Å². The predicted octanol–water partition coefficient (Wildman–Crippen LogP) is 11.0. The van der Waals surface area contributed by atoms with E-state index in [0.717, 1.165) is 5.69 Å². The van der Waals surface area contributed by atoms with Crippen molar-refractivity contribution in [3.8, 4) is 17.1 Å². The van der Waals surface area contributed by atoms with Crippen LogP contribution in [-0.4, -0.2) is 13.7 Å². The Balaban J connectivity index is 1.46. The largest absolute Gasteiger partial charge is 0.309 e. The Morgan fingerprint density at radius 2 is 0.622 bits per heavy atom. The van der Waals surface area contributed by atoms with Gasteiger partial charge >= 0.3 is 0 Å². The van der Waals surface area contributed by atoms with Crippen molar-refractivity contribution in [2.24, 2.45) is 0 Å². The Kier molecular flexibility index (Phi) is 5.00. The van der Waals surface area contributed by atoms with Gasteiger partial charge in [0.15, 0.2) is 0 Å². The molecule has 0 radical (unpaired) electrons. The number of hydrogen-bond acceptors (Lipinski definition) is 0. The van der Waals surface area contributed by atoms with Crippen LogP contribution in [0.25, 0.3) is 82.5 Å². The second-order valence-electron chi connectivity index (χ2n) is 11.8. The fourth-order valence-corrected chi connectivity index (χ4v) is 7.59. The Morgan fingerprint density at radius 1 is 0.244 bits per heavy atom. The third kappa shape index (κ3) is 3.35. The molecule has 0 aliphatic heterocycles. The molecule has 0 N–H and O–H groups in total. The van der Waals surface area contributed by atoms with Crippen LogP contribution in [0.4, 0.5) is 0 Å². The van der Waals surface area contributed by atoms with E-state index < -0.39 is 0 Å². The van der Waals surface area contributed by atoms with Crippen molar-refractivity contribution in [2.75, 3.05) is 0 Å². The van der Waals surface area contributed by atoms with Gasteiger partial charge in [0.25, 0.3) is 0 Å². The van der Waals surface area contributed by atoms with E-state index in [4.69, 9.17) is 0 Å². The third-order valence-electron chi connectivity index (χ3n) is 9.40. The smallest absolute Gasteiger partial charge is 0.0549 e. The maximum atomic E-state index is 2.45. The van der Waals surface area contributed by atoms with Crippen molar-refractivity contribution in [1.29, 1.82) is 0 Å². The number of fused-ring (bicyclic) bond motifs is 10. The summed E-state index contributed by atoms with van der Waals surface area (Å²) in [5.41, 5.74) is 10.8. The summed E-state index contributed by atoms with van der Waals surface area (Å²) in [6.07, 6.45) is 0. The van der Waals surface area contributed by atoms with E-state index in [-0.39, 0.29) is 0 Å². The van der Waals surface area contributed by atoms with Gasteiger partial charge < -0.3 is 13.7 Å². The van der Waals surface area contributed by atoms with E-state index >= 15 is 0 Å². The van der Waals surface area contributed by atoms with Crippen LogP contribution in [0.5, 0.6) is 0 Å². The number of para-hydroxylation sites is 5. The van der Waals surface area contributed by atoms with Gasteiger partial charge in [0.05, 0.1) is 33.1 Å². The first-order valence-corrected chi connectivity index (χ1v) is 15.5. The molecule has 0 aliphatic rings. The van der Waals surface area contributed by atoms with Gasteiger partial charge in [0, 0.05) is 49.4 Å². The lowest BCUT2D eigenvalue weighted by molar-refractivity contribution is 1.17. The van der Waals surface area contributed by atoms with Crippen molar-refractivity contribution >= 4 is 65.4 Å². The lowest BCUT2D eigenvalue weighted by Gasteiger charge is -2.09. The summed E-state index contributed by atoms with van der Waals surface area (Å²) in [4.78, 5) is 0. The van der Waals surface area contributed by atoms with Crippen molar-refractivity contribution in [2.45, 2.75) is 0 Å². The molecule has 3 heterocycles. The fraction of sp³-hybridized carbons (Fsp3) is 0. The average Bonchev–Trinajstić information content (AvgIpc) is 3.73. The van der Waals surface area contributed by atoms with E-state index in [9.17, 15) is 0 Å². The Hall–Kier alpha value is -6.06. The zero-order valence-electron chi connectivity index (χ0n) is 24.4. The molecule has 0 saturated heterocycles. The molecule has 10 aromatic rings. The van der Waals surface area contributed by atoms with Crippen LogP contribution in [0.15, 0.2) is 164 Å². The first-order valence-electron chi connectivity index (χ1n) is 15.5. The zero-order valence-corrected chi connectivity index (χ0v) is 24.4.